The monoisotopic (exact) mass is 241 g/mol. The van der Waals surface area contributed by atoms with Crippen LogP contribution >= 0.6 is 0 Å². The molecule has 1 aliphatic rings. The average Bonchev–Trinajstić information content (AvgIpc) is 2.50. The summed E-state index contributed by atoms with van der Waals surface area (Å²) in [6.45, 7) is 6.27. The van der Waals surface area contributed by atoms with Gasteiger partial charge in [0.15, 0.2) is 0 Å². The lowest BCUT2D eigenvalue weighted by Gasteiger charge is -2.32. The first-order valence-corrected chi connectivity index (χ1v) is 6.72. The van der Waals surface area contributed by atoms with Crippen molar-refractivity contribution in [3.8, 4) is 0 Å². The van der Waals surface area contributed by atoms with Crippen LogP contribution in [-0.4, -0.2) is 42.5 Å². The Morgan fingerprint density at radius 2 is 2.18 bits per heavy atom. The van der Waals surface area contributed by atoms with Crippen LogP contribution in [0.2, 0.25) is 0 Å². The first-order chi connectivity index (χ1) is 7.99. The average molecular weight is 241 g/mol. The number of nitrogens with zero attached hydrogens (tertiary/aromatic N) is 1. The molecule has 0 spiro atoms. The van der Waals surface area contributed by atoms with Crippen LogP contribution < -0.4 is 11.1 Å². The topological polar surface area (TPSA) is 58.4 Å². The summed E-state index contributed by atoms with van der Waals surface area (Å²) < 4.78 is 0. The van der Waals surface area contributed by atoms with Crippen LogP contribution in [0.1, 0.15) is 46.0 Å². The fraction of sp³-hybridized carbons (Fsp3) is 0.923. The van der Waals surface area contributed by atoms with Crippen LogP contribution in [0.4, 0.5) is 0 Å². The van der Waals surface area contributed by atoms with E-state index in [2.05, 4.69) is 17.1 Å². The van der Waals surface area contributed by atoms with Crippen molar-refractivity contribution in [2.45, 2.75) is 57.5 Å². The summed E-state index contributed by atoms with van der Waals surface area (Å²) in [4.78, 5) is 13.9. The summed E-state index contributed by atoms with van der Waals surface area (Å²) in [5.74, 6) is -0.262. The standard InChI is InChI=1S/C13H27N3O/c1-11-7-5-4-6-9-16(11)10-8-13(2,15-3)12(14)17/h11,15H,4-10H2,1-3H3,(H2,14,17). The maximum atomic E-state index is 11.4. The van der Waals surface area contributed by atoms with Gasteiger partial charge in [-0.15, -0.1) is 0 Å². The molecule has 1 rings (SSSR count). The van der Waals surface area contributed by atoms with Gasteiger partial charge in [0.1, 0.15) is 0 Å². The summed E-state index contributed by atoms with van der Waals surface area (Å²) in [7, 11) is 1.80. The molecule has 0 radical (unpaired) electrons. The quantitative estimate of drug-likeness (QED) is 0.758. The van der Waals surface area contributed by atoms with Gasteiger partial charge in [0.25, 0.3) is 0 Å². The van der Waals surface area contributed by atoms with E-state index in [-0.39, 0.29) is 5.91 Å². The number of primary amides is 1. The second kappa shape index (κ2) is 6.36. The zero-order valence-corrected chi connectivity index (χ0v) is 11.5. The zero-order chi connectivity index (χ0) is 12.9. The highest BCUT2D eigenvalue weighted by atomic mass is 16.1. The number of hydrogen-bond acceptors (Lipinski definition) is 3. The summed E-state index contributed by atoms with van der Waals surface area (Å²) in [5.41, 5.74) is 4.87. The Labute approximate surface area is 105 Å². The number of nitrogens with one attached hydrogen (secondary N) is 1. The van der Waals surface area contributed by atoms with Crippen molar-refractivity contribution in [2.75, 3.05) is 20.1 Å². The highest BCUT2D eigenvalue weighted by Gasteiger charge is 2.30. The first kappa shape index (κ1) is 14.5. The summed E-state index contributed by atoms with van der Waals surface area (Å²) in [6, 6.07) is 0.631. The molecule has 0 aliphatic carbocycles. The Morgan fingerprint density at radius 3 is 2.76 bits per heavy atom. The largest absolute Gasteiger partial charge is 0.368 e. The van der Waals surface area contributed by atoms with Gasteiger partial charge in [-0.1, -0.05) is 12.8 Å². The maximum Gasteiger partial charge on any atom is 0.237 e. The molecule has 0 aromatic carbocycles. The van der Waals surface area contributed by atoms with E-state index >= 15 is 0 Å². The predicted octanol–water partition coefficient (Wildman–Crippen LogP) is 1.10. The molecule has 2 unspecified atom stereocenters. The second-order valence-corrected chi connectivity index (χ2v) is 5.43. The molecule has 0 aromatic heterocycles. The van der Waals surface area contributed by atoms with Crippen molar-refractivity contribution < 1.29 is 4.79 Å². The Hall–Kier alpha value is -0.610. The minimum Gasteiger partial charge on any atom is -0.368 e. The van der Waals surface area contributed by atoms with Crippen LogP contribution in [0.5, 0.6) is 0 Å². The summed E-state index contributed by atoms with van der Waals surface area (Å²) in [6.07, 6.45) is 5.99. The van der Waals surface area contributed by atoms with Crippen molar-refractivity contribution in [3.63, 3.8) is 0 Å². The lowest BCUT2D eigenvalue weighted by Crippen LogP contribution is -2.53. The van der Waals surface area contributed by atoms with E-state index in [1.54, 1.807) is 7.05 Å². The van der Waals surface area contributed by atoms with Gasteiger partial charge in [0.05, 0.1) is 5.54 Å². The normalized spacial score (nSPS) is 26.2. The van der Waals surface area contributed by atoms with E-state index in [0.717, 1.165) is 19.5 Å². The third-order valence-corrected chi connectivity index (χ3v) is 4.19. The second-order valence-electron chi connectivity index (χ2n) is 5.43. The highest BCUT2D eigenvalue weighted by molar-refractivity contribution is 5.84. The van der Waals surface area contributed by atoms with Gasteiger partial charge in [0, 0.05) is 12.6 Å². The van der Waals surface area contributed by atoms with Crippen LogP contribution in [0.15, 0.2) is 0 Å². The molecule has 100 valence electrons. The molecule has 0 aromatic rings. The highest BCUT2D eigenvalue weighted by Crippen LogP contribution is 2.18. The number of carbonyl (C=O) groups excluding carboxylic acids is 1. The molecule has 0 saturated carbocycles. The molecular formula is C13H27N3O. The van der Waals surface area contributed by atoms with Gasteiger partial charge >= 0.3 is 0 Å². The number of hydrogen-bond donors (Lipinski definition) is 2. The van der Waals surface area contributed by atoms with Gasteiger partial charge < -0.3 is 16.0 Å². The lowest BCUT2D eigenvalue weighted by atomic mass is 9.96. The van der Waals surface area contributed by atoms with Crippen molar-refractivity contribution in [3.05, 3.63) is 0 Å². The number of likely N-dealkylation sites (tertiary alicyclic amines) is 1. The van der Waals surface area contributed by atoms with Crippen molar-refractivity contribution in [2.24, 2.45) is 5.73 Å². The zero-order valence-electron chi connectivity index (χ0n) is 11.5. The van der Waals surface area contributed by atoms with Gasteiger partial charge in [-0.05, 0) is 46.7 Å². The molecule has 4 heteroatoms. The van der Waals surface area contributed by atoms with E-state index in [1.165, 1.54) is 25.7 Å². The smallest absolute Gasteiger partial charge is 0.237 e. The van der Waals surface area contributed by atoms with Gasteiger partial charge in [0.2, 0.25) is 5.91 Å². The molecule has 1 amide bonds. The molecule has 2 atom stereocenters. The molecule has 0 bridgehead atoms. The molecule has 1 aliphatic heterocycles. The predicted molar refractivity (Wildman–Crippen MR) is 70.8 cm³/mol. The van der Waals surface area contributed by atoms with Crippen molar-refractivity contribution in [1.29, 1.82) is 0 Å². The van der Waals surface area contributed by atoms with E-state index in [9.17, 15) is 4.79 Å². The third kappa shape index (κ3) is 3.96. The minimum atomic E-state index is -0.577. The van der Waals surface area contributed by atoms with Crippen LogP contribution in [0.3, 0.4) is 0 Å². The van der Waals surface area contributed by atoms with Crippen LogP contribution in [0, 0.1) is 0 Å². The van der Waals surface area contributed by atoms with E-state index in [4.69, 9.17) is 5.73 Å². The first-order valence-electron chi connectivity index (χ1n) is 6.72. The molecule has 3 N–H and O–H groups in total. The SMILES string of the molecule is CNC(C)(CCN1CCCCCC1C)C(N)=O. The molecule has 1 saturated heterocycles. The fourth-order valence-corrected chi connectivity index (χ4v) is 2.41. The summed E-state index contributed by atoms with van der Waals surface area (Å²) >= 11 is 0. The van der Waals surface area contributed by atoms with E-state index < -0.39 is 5.54 Å². The summed E-state index contributed by atoms with van der Waals surface area (Å²) in [5, 5.41) is 3.05. The van der Waals surface area contributed by atoms with Gasteiger partial charge in [-0.2, -0.15) is 0 Å². The Balaban J connectivity index is 2.50. The molecule has 1 heterocycles. The van der Waals surface area contributed by atoms with Gasteiger partial charge in [-0.25, -0.2) is 0 Å². The van der Waals surface area contributed by atoms with Crippen molar-refractivity contribution >= 4 is 5.91 Å². The Morgan fingerprint density at radius 1 is 1.47 bits per heavy atom. The molecular weight excluding hydrogens is 214 g/mol. The fourth-order valence-electron chi connectivity index (χ4n) is 2.41. The van der Waals surface area contributed by atoms with Gasteiger partial charge in [-0.3, -0.25) is 4.79 Å². The number of carbonyl (C=O) groups is 1. The van der Waals surface area contributed by atoms with E-state index in [0.29, 0.717) is 6.04 Å². The Kier molecular flexibility index (Phi) is 5.40. The molecule has 17 heavy (non-hydrogen) atoms. The number of amides is 1. The minimum absolute atomic E-state index is 0.262. The molecule has 4 nitrogen and oxygen atoms in total. The Bertz CT molecular complexity index is 257. The van der Waals surface area contributed by atoms with Crippen LogP contribution in [0.25, 0.3) is 0 Å². The van der Waals surface area contributed by atoms with Crippen LogP contribution in [-0.2, 0) is 4.79 Å². The number of likely N-dealkylation sites (N-methyl/N-ethyl adjacent to an activating group) is 1. The number of nitrogens with two attached hydrogens (primary N) is 1. The molecule has 1 fully saturated rings. The number of rotatable bonds is 5. The lowest BCUT2D eigenvalue weighted by molar-refractivity contribution is -0.124. The third-order valence-electron chi connectivity index (χ3n) is 4.19. The maximum absolute atomic E-state index is 11.4. The van der Waals surface area contributed by atoms with E-state index in [1.807, 2.05) is 6.92 Å². The van der Waals surface area contributed by atoms with Crippen molar-refractivity contribution in [1.82, 2.24) is 10.2 Å².